The quantitative estimate of drug-likeness (QED) is 0.749. The van der Waals surface area contributed by atoms with Gasteiger partial charge in [-0.15, -0.1) is 5.10 Å². The molecule has 0 aliphatic heterocycles. The molecule has 0 unspecified atom stereocenters. The van der Waals surface area contributed by atoms with Crippen molar-refractivity contribution in [1.82, 2.24) is 20.2 Å². The second-order valence-corrected chi connectivity index (χ2v) is 4.04. The van der Waals surface area contributed by atoms with Crippen LogP contribution in [0.15, 0.2) is 34.3 Å². The van der Waals surface area contributed by atoms with Crippen LogP contribution in [0.25, 0.3) is 0 Å². The van der Waals surface area contributed by atoms with E-state index in [9.17, 15) is 0 Å². The van der Waals surface area contributed by atoms with Gasteiger partial charge in [0.05, 0.1) is 0 Å². The van der Waals surface area contributed by atoms with E-state index in [1.165, 1.54) is 5.56 Å². The molecule has 0 fully saturated rings. The summed E-state index contributed by atoms with van der Waals surface area (Å²) in [6.07, 6.45) is 0. The largest absolute Gasteiger partial charge is 0.223 e. The van der Waals surface area contributed by atoms with E-state index in [-0.39, 0.29) is 0 Å². The van der Waals surface area contributed by atoms with E-state index in [4.69, 9.17) is 0 Å². The maximum absolute atomic E-state index is 3.90. The van der Waals surface area contributed by atoms with Gasteiger partial charge < -0.3 is 0 Å². The standard InChI is InChI=1S/C9H10N4S/c1-7-3-5-8(6-4-7)14-9-10-11-12-13(9)2/h3-6H,1-2H3. The van der Waals surface area contributed by atoms with Gasteiger partial charge in [0.2, 0.25) is 5.16 Å². The van der Waals surface area contributed by atoms with E-state index in [0.29, 0.717) is 0 Å². The number of hydrogen-bond acceptors (Lipinski definition) is 4. The summed E-state index contributed by atoms with van der Waals surface area (Å²) in [5.74, 6) is 0. The maximum Gasteiger partial charge on any atom is 0.213 e. The molecule has 0 aliphatic carbocycles. The zero-order chi connectivity index (χ0) is 9.97. The third kappa shape index (κ3) is 1.93. The molecule has 0 atom stereocenters. The molecule has 0 saturated heterocycles. The van der Waals surface area contributed by atoms with Crippen molar-refractivity contribution in [3.05, 3.63) is 29.8 Å². The van der Waals surface area contributed by atoms with Gasteiger partial charge in [0.15, 0.2) is 0 Å². The highest BCUT2D eigenvalue weighted by Gasteiger charge is 2.03. The minimum absolute atomic E-state index is 0.800. The Labute approximate surface area is 86.3 Å². The number of nitrogens with zero attached hydrogens (tertiary/aromatic N) is 4. The molecule has 0 radical (unpaired) electrons. The topological polar surface area (TPSA) is 43.6 Å². The molecule has 0 saturated carbocycles. The Hall–Kier alpha value is -1.36. The summed E-state index contributed by atoms with van der Waals surface area (Å²) < 4.78 is 1.66. The highest BCUT2D eigenvalue weighted by molar-refractivity contribution is 7.99. The van der Waals surface area contributed by atoms with Crippen LogP contribution in [-0.4, -0.2) is 20.2 Å². The third-order valence-electron chi connectivity index (χ3n) is 1.81. The molecule has 1 aromatic carbocycles. The Morgan fingerprint density at radius 3 is 2.50 bits per heavy atom. The fourth-order valence-corrected chi connectivity index (χ4v) is 1.75. The van der Waals surface area contributed by atoms with Crippen molar-refractivity contribution in [1.29, 1.82) is 0 Å². The Balaban J connectivity index is 2.19. The number of aromatic nitrogens is 4. The summed E-state index contributed by atoms with van der Waals surface area (Å²) >= 11 is 1.56. The van der Waals surface area contributed by atoms with Crippen LogP contribution in [0.1, 0.15) is 5.56 Å². The predicted octanol–water partition coefficient (Wildman–Crippen LogP) is 1.67. The first-order chi connectivity index (χ1) is 6.75. The van der Waals surface area contributed by atoms with Crippen molar-refractivity contribution in [3.8, 4) is 0 Å². The monoisotopic (exact) mass is 206 g/mol. The van der Waals surface area contributed by atoms with E-state index in [1.54, 1.807) is 16.4 Å². The van der Waals surface area contributed by atoms with Crippen molar-refractivity contribution in [2.45, 2.75) is 17.0 Å². The van der Waals surface area contributed by atoms with E-state index < -0.39 is 0 Å². The molecule has 4 nitrogen and oxygen atoms in total. The van der Waals surface area contributed by atoms with Crippen LogP contribution in [-0.2, 0) is 7.05 Å². The lowest BCUT2D eigenvalue weighted by atomic mass is 10.2. The van der Waals surface area contributed by atoms with Gasteiger partial charge in [-0.2, -0.15) is 0 Å². The van der Waals surface area contributed by atoms with Crippen LogP contribution in [0.4, 0.5) is 0 Å². The van der Waals surface area contributed by atoms with Crippen molar-refractivity contribution in [2.24, 2.45) is 7.05 Å². The van der Waals surface area contributed by atoms with E-state index in [0.717, 1.165) is 10.1 Å². The molecule has 1 heterocycles. The first kappa shape index (κ1) is 9.21. The number of aryl methyl sites for hydroxylation is 2. The number of tetrazole rings is 1. The molecular formula is C9H10N4S. The molecule has 14 heavy (non-hydrogen) atoms. The Bertz CT molecular complexity index is 421. The SMILES string of the molecule is Cc1ccc(Sc2nnnn2C)cc1. The van der Waals surface area contributed by atoms with Crippen LogP contribution in [0.2, 0.25) is 0 Å². The van der Waals surface area contributed by atoms with Crippen molar-refractivity contribution in [2.75, 3.05) is 0 Å². The molecule has 0 N–H and O–H groups in total. The Kier molecular flexibility index (Phi) is 2.49. The van der Waals surface area contributed by atoms with Crippen LogP contribution in [0, 0.1) is 6.92 Å². The molecule has 1 aromatic heterocycles. The average Bonchev–Trinajstić information content (AvgIpc) is 2.56. The van der Waals surface area contributed by atoms with Gasteiger partial charge in [0.1, 0.15) is 0 Å². The van der Waals surface area contributed by atoms with Crippen LogP contribution in [0.5, 0.6) is 0 Å². The zero-order valence-electron chi connectivity index (χ0n) is 8.01. The molecule has 2 rings (SSSR count). The molecule has 2 aromatic rings. The number of rotatable bonds is 2. The summed E-state index contributed by atoms with van der Waals surface area (Å²) in [4.78, 5) is 1.15. The van der Waals surface area contributed by atoms with Crippen molar-refractivity contribution >= 4 is 11.8 Å². The maximum atomic E-state index is 3.90. The minimum Gasteiger partial charge on any atom is -0.223 e. The van der Waals surface area contributed by atoms with E-state index in [2.05, 4.69) is 46.7 Å². The smallest absolute Gasteiger partial charge is 0.213 e. The van der Waals surface area contributed by atoms with Gasteiger partial charge in [0.25, 0.3) is 0 Å². The van der Waals surface area contributed by atoms with Gasteiger partial charge in [-0.1, -0.05) is 17.7 Å². The first-order valence-electron chi connectivity index (χ1n) is 4.22. The van der Waals surface area contributed by atoms with Gasteiger partial charge in [-0.3, -0.25) is 0 Å². The van der Waals surface area contributed by atoms with Gasteiger partial charge in [-0.05, 0) is 41.2 Å². The molecule has 0 bridgehead atoms. The predicted molar refractivity (Wildman–Crippen MR) is 54.1 cm³/mol. The third-order valence-corrected chi connectivity index (χ3v) is 2.85. The second kappa shape index (κ2) is 3.79. The van der Waals surface area contributed by atoms with Gasteiger partial charge >= 0.3 is 0 Å². The summed E-state index contributed by atoms with van der Waals surface area (Å²) in [5.41, 5.74) is 1.26. The normalized spacial score (nSPS) is 10.4. The Morgan fingerprint density at radius 1 is 1.21 bits per heavy atom. The molecule has 5 heteroatoms. The molecular weight excluding hydrogens is 196 g/mol. The summed E-state index contributed by atoms with van der Waals surface area (Å²) in [5, 5.41) is 12.0. The first-order valence-corrected chi connectivity index (χ1v) is 5.04. The minimum atomic E-state index is 0.800. The fourth-order valence-electron chi connectivity index (χ4n) is 1.02. The van der Waals surface area contributed by atoms with E-state index >= 15 is 0 Å². The molecule has 72 valence electrons. The summed E-state index contributed by atoms with van der Waals surface area (Å²) in [6.45, 7) is 2.07. The van der Waals surface area contributed by atoms with Crippen LogP contribution < -0.4 is 0 Å². The van der Waals surface area contributed by atoms with Crippen LogP contribution in [0.3, 0.4) is 0 Å². The van der Waals surface area contributed by atoms with Crippen molar-refractivity contribution in [3.63, 3.8) is 0 Å². The second-order valence-electron chi connectivity index (χ2n) is 3.00. The zero-order valence-corrected chi connectivity index (χ0v) is 8.82. The van der Waals surface area contributed by atoms with Crippen molar-refractivity contribution < 1.29 is 0 Å². The highest BCUT2D eigenvalue weighted by Crippen LogP contribution is 2.24. The highest BCUT2D eigenvalue weighted by atomic mass is 32.2. The lowest BCUT2D eigenvalue weighted by Gasteiger charge is -1.99. The summed E-state index contributed by atoms with van der Waals surface area (Å²) in [7, 11) is 1.83. The lowest BCUT2D eigenvalue weighted by Crippen LogP contribution is -1.92. The Morgan fingerprint density at radius 2 is 1.93 bits per heavy atom. The molecule has 0 amide bonds. The molecule has 0 spiro atoms. The average molecular weight is 206 g/mol. The fraction of sp³-hybridized carbons (Fsp3) is 0.222. The van der Waals surface area contributed by atoms with E-state index in [1.807, 2.05) is 7.05 Å². The number of hydrogen-bond donors (Lipinski definition) is 0. The lowest BCUT2D eigenvalue weighted by molar-refractivity contribution is 0.664. The number of benzene rings is 1. The van der Waals surface area contributed by atoms with Crippen LogP contribution >= 0.6 is 11.8 Å². The van der Waals surface area contributed by atoms with Gasteiger partial charge in [0, 0.05) is 11.9 Å². The van der Waals surface area contributed by atoms with Gasteiger partial charge in [-0.25, -0.2) is 4.68 Å². The molecule has 0 aliphatic rings. The summed E-state index contributed by atoms with van der Waals surface area (Å²) in [6, 6.07) is 8.28.